The molecule has 0 saturated heterocycles. The lowest BCUT2D eigenvalue weighted by molar-refractivity contribution is 0.781. The van der Waals surface area contributed by atoms with Gasteiger partial charge in [-0.05, 0) is 43.3 Å². The first-order chi connectivity index (χ1) is 9.11. The van der Waals surface area contributed by atoms with Crippen molar-refractivity contribution >= 4 is 11.4 Å². The zero-order valence-electron chi connectivity index (χ0n) is 11.0. The topological polar surface area (TPSA) is 65.9 Å². The Hall–Kier alpha value is -2.38. The van der Waals surface area contributed by atoms with Gasteiger partial charge in [-0.15, -0.1) is 0 Å². The van der Waals surface area contributed by atoms with E-state index in [0.717, 1.165) is 17.1 Å². The Morgan fingerprint density at radius 2 is 1.79 bits per heavy atom. The number of rotatable bonds is 3. The summed E-state index contributed by atoms with van der Waals surface area (Å²) in [5.74, 6) is 0. The van der Waals surface area contributed by atoms with Crippen LogP contribution in [0.3, 0.4) is 0 Å². The number of benzene rings is 1. The largest absolute Gasteiger partial charge is 0.343 e. The summed E-state index contributed by atoms with van der Waals surface area (Å²) in [6.45, 7) is 1.91. The van der Waals surface area contributed by atoms with Crippen molar-refractivity contribution in [2.75, 3.05) is 11.9 Å². The van der Waals surface area contributed by atoms with Crippen LogP contribution in [0.4, 0.5) is 11.4 Å². The van der Waals surface area contributed by atoms with Crippen LogP contribution in [0.5, 0.6) is 0 Å². The van der Waals surface area contributed by atoms with Crippen molar-refractivity contribution in [3.63, 3.8) is 0 Å². The SMILES string of the molecule is C[C@H](N)c1ccc(N(C)c2ccc(C#N)cc2)cn1. The number of anilines is 2. The minimum atomic E-state index is -0.0609. The van der Waals surface area contributed by atoms with E-state index >= 15 is 0 Å². The monoisotopic (exact) mass is 252 g/mol. The molecule has 0 amide bonds. The highest BCUT2D eigenvalue weighted by Crippen LogP contribution is 2.23. The molecule has 4 nitrogen and oxygen atoms in total. The smallest absolute Gasteiger partial charge is 0.0991 e. The Labute approximate surface area is 113 Å². The first-order valence-electron chi connectivity index (χ1n) is 6.07. The lowest BCUT2D eigenvalue weighted by Gasteiger charge is -2.19. The Bertz CT molecular complexity index is 579. The molecular weight excluding hydrogens is 236 g/mol. The van der Waals surface area contributed by atoms with Gasteiger partial charge in [0.2, 0.25) is 0 Å². The zero-order valence-corrected chi connectivity index (χ0v) is 11.0. The van der Waals surface area contributed by atoms with E-state index in [2.05, 4.69) is 11.1 Å². The van der Waals surface area contributed by atoms with Crippen molar-refractivity contribution < 1.29 is 0 Å². The average molecular weight is 252 g/mol. The van der Waals surface area contributed by atoms with Crippen LogP contribution in [0.1, 0.15) is 24.2 Å². The summed E-state index contributed by atoms with van der Waals surface area (Å²) >= 11 is 0. The van der Waals surface area contributed by atoms with Gasteiger partial charge < -0.3 is 10.6 Å². The number of hydrogen-bond donors (Lipinski definition) is 1. The maximum absolute atomic E-state index is 8.78. The molecule has 0 bridgehead atoms. The highest BCUT2D eigenvalue weighted by atomic mass is 15.1. The molecule has 0 saturated carbocycles. The van der Waals surface area contributed by atoms with Gasteiger partial charge in [0.05, 0.1) is 29.2 Å². The molecule has 2 N–H and O–H groups in total. The molecule has 1 atom stereocenters. The van der Waals surface area contributed by atoms with Gasteiger partial charge in [0.25, 0.3) is 0 Å². The summed E-state index contributed by atoms with van der Waals surface area (Å²) in [6.07, 6.45) is 1.80. The summed E-state index contributed by atoms with van der Waals surface area (Å²) in [6, 6.07) is 13.4. The van der Waals surface area contributed by atoms with E-state index in [4.69, 9.17) is 11.0 Å². The normalized spacial score (nSPS) is 11.7. The minimum Gasteiger partial charge on any atom is -0.343 e. The Balaban J connectivity index is 2.23. The van der Waals surface area contributed by atoms with Crippen molar-refractivity contribution in [2.24, 2.45) is 5.73 Å². The molecule has 0 radical (unpaired) electrons. The van der Waals surface area contributed by atoms with Gasteiger partial charge >= 0.3 is 0 Å². The van der Waals surface area contributed by atoms with E-state index < -0.39 is 0 Å². The van der Waals surface area contributed by atoms with E-state index in [9.17, 15) is 0 Å². The number of pyridine rings is 1. The summed E-state index contributed by atoms with van der Waals surface area (Å²) in [7, 11) is 1.96. The Kier molecular flexibility index (Phi) is 3.79. The van der Waals surface area contributed by atoms with Crippen molar-refractivity contribution in [1.29, 1.82) is 5.26 Å². The molecule has 19 heavy (non-hydrogen) atoms. The second-order valence-electron chi connectivity index (χ2n) is 4.45. The van der Waals surface area contributed by atoms with Gasteiger partial charge in [-0.1, -0.05) is 0 Å². The second kappa shape index (κ2) is 5.51. The van der Waals surface area contributed by atoms with Crippen molar-refractivity contribution in [2.45, 2.75) is 13.0 Å². The van der Waals surface area contributed by atoms with Crippen LogP contribution in [0.2, 0.25) is 0 Å². The summed E-state index contributed by atoms with van der Waals surface area (Å²) in [4.78, 5) is 6.35. The first-order valence-corrected chi connectivity index (χ1v) is 6.07. The van der Waals surface area contributed by atoms with Crippen molar-refractivity contribution in [3.05, 3.63) is 53.9 Å². The molecule has 2 rings (SSSR count). The molecule has 0 aliphatic heterocycles. The maximum Gasteiger partial charge on any atom is 0.0991 e. The molecule has 0 spiro atoms. The van der Waals surface area contributed by atoms with Crippen molar-refractivity contribution in [3.8, 4) is 6.07 Å². The van der Waals surface area contributed by atoms with E-state index in [1.165, 1.54) is 0 Å². The molecule has 0 aliphatic rings. The molecule has 1 heterocycles. The predicted octanol–water partition coefficient (Wildman–Crippen LogP) is 2.74. The van der Waals surface area contributed by atoms with Crippen LogP contribution >= 0.6 is 0 Å². The Morgan fingerprint density at radius 1 is 1.16 bits per heavy atom. The highest BCUT2D eigenvalue weighted by Gasteiger charge is 2.06. The lowest BCUT2D eigenvalue weighted by Crippen LogP contribution is -2.11. The molecular formula is C15H16N4. The quantitative estimate of drug-likeness (QED) is 0.912. The van der Waals surface area contributed by atoms with E-state index in [-0.39, 0.29) is 6.04 Å². The van der Waals surface area contributed by atoms with Gasteiger partial charge in [0.15, 0.2) is 0 Å². The maximum atomic E-state index is 8.78. The highest BCUT2D eigenvalue weighted by molar-refractivity contribution is 5.62. The van der Waals surface area contributed by atoms with Crippen LogP contribution in [0.25, 0.3) is 0 Å². The molecule has 2 aromatic rings. The number of aromatic nitrogens is 1. The van der Waals surface area contributed by atoms with Gasteiger partial charge in [0.1, 0.15) is 0 Å². The van der Waals surface area contributed by atoms with Crippen molar-refractivity contribution in [1.82, 2.24) is 4.98 Å². The third-order valence-electron chi connectivity index (χ3n) is 3.01. The van der Waals surface area contributed by atoms with Crippen LogP contribution < -0.4 is 10.6 Å². The summed E-state index contributed by atoms with van der Waals surface area (Å²) in [5.41, 5.74) is 9.29. The number of hydrogen-bond acceptors (Lipinski definition) is 4. The van der Waals surface area contributed by atoms with Crippen LogP contribution in [-0.4, -0.2) is 12.0 Å². The van der Waals surface area contributed by atoms with Gasteiger partial charge in [-0.2, -0.15) is 5.26 Å². The summed E-state index contributed by atoms with van der Waals surface area (Å²) < 4.78 is 0. The molecule has 4 heteroatoms. The fourth-order valence-corrected chi connectivity index (χ4v) is 1.77. The van der Waals surface area contributed by atoms with Crippen LogP contribution in [-0.2, 0) is 0 Å². The van der Waals surface area contributed by atoms with Gasteiger partial charge in [0, 0.05) is 18.8 Å². The van der Waals surface area contributed by atoms with E-state index in [0.29, 0.717) is 5.56 Å². The fraction of sp³-hybridized carbons (Fsp3) is 0.200. The summed E-state index contributed by atoms with van der Waals surface area (Å²) in [5, 5.41) is 8.78. The van der Waals surface area contributed by atoms with Crippen LogP contribution in [0.15, 0.2) is 42.6 Å². The number of nitriles is 1. The molecule has 1 aromatic heterocycles. The second-order valence-corrected chi connectivity index (χ2v) is 4.45. The lowest BCUT2D eigenvalue weighted by atomic mass is 10.2. The Morgan fingerprint density at radius 3 is 2.26 bits per heavy atom. The third-order valence-corrected chi connectivity index (χ3v) is 3.01. The minimum absolute atomic E-state index is 0.0609. The first kappa shape index (κ1) is 13.1. The van der Waals surface area contributed by atoms with E-state index in [1.807, 2.05) is 43.1 Å². The standard InChI is InChI=1S/C15H16N4/c1-11(17)15-8-7-14(10-18-15)19(2)13-5-3-12(9-16)4-6-13/h3-8,10-11H,17H2,1-2H3/t11-/m0/s1. The molecule has 0 aliphatic carbocycles. The average Bonchev–Trinajstić information content (AvgIpc) is 2.46. The van der Waals surface area contributed by atoms with Gasteiger partial charge in [-0.25, -0.2) is 0 Å². The number of nitrogens with zero attached hydrogens (tertiary/aromatic N) is 3. The molecule has 0 fully saturated rings. The van der Waals surface area contributed by atoms with Gasteiger partial charge in [-0.3, -0.25) is 4.98 Å². The van der Waals surface area contributed by atoms with E-state index in [1.54, 1.807) is 18.3 Å². The molecule has 0 unspecified atom stereocenters. The zero-order chi connectivity index (χ0) is 13.8. The third kappa shape index (κ3) is 2.90. The fourth-order valence-electron chi connectivity index (χ4n) is 1.77. The molecule has 1 aromatic carbocycles. The molecule has 96 valence electrons. The van der Waals surface area contributed by atoms with Crippen LogP contribution in [0, 0.1) is 11.3 Å². The number of nitrogens with two attached hydrogens (primary N) is 1. The predicted molar refractivity (Wildman–Crippen MR) is 76.1 cm³/mol.